The number of nitrogens with one attached hydrogen (secondary N) is 1. The number of piperidine rings is 1. The summed E-state index contributed by atoms with van der Waals surface area (Å²) < 4.78 is 5.60. The van der Waals surface area contributed by atoms with E-state index in [9.17, 15) is 0 Å². The topological polar surface area (TPSA) is 24.5 Å². The van der Waals surface area contributed by atoms with Gasteiger partial charge in [0.25, 0.3) is 0 Å². The monoisotopic (exact) mass is 268 g/mol. The molecule has 2 rings (SSSR count). The lowest BCUT2D eigenvalue weighted by atomic mass is 9.78. The Balaban J connectivity index is 1.95. The molecular formula is C16H32N2O. The minimum atomic E-state index is 0.439. The van der Waals surface area contributed by atoms with Crippen LogP contribution >= 0.6 is 0 Å². The van der Waals surface area contributed by atoms with Gasteiger partial charge in [-0.3, -0.25) is 0 Å². The molecule has 19 heavy (non-hydrogen) atoms. The van der Waals surface area contributed by atoms with E-state index in [-0.39, 0.29) is 0 Å². The molecule has 3 heteroatoms. The highest BCUT2D eigenvalue weighted by atomic mass is 16.5. The summed E-state index contributed by atoms with van der Waals surface area (Å²) in [6.07, 6.45) is 6.61. The summed E-state index contributed by atoms with van der Waals surface area (Å²) in [6.45, 7) is 12.5. The highest BCUT2D eigenvalue weighted by Crippen LogP contribution is 2.33. The third-order valence-corrected chi connectivity index (χ3v) is 4.92. The van der Waals surface area contributed by atoms with Crippen molar-refractivity contribution in [3.63, 3.8) is 0 Å². The predicted octanol–water partition coefficient (Wildman–Crippen LogP) is 2.66. The van der Waals surface area contributed by atoms with Crippen molar-refractivity contribution >= 4 is 0 Å². The molecule has 2 saturated heterocycles. The average molecular weight is 268 g/mol. The summed E-state index contributed by atoms with van der Waals surface area (Å²) in [5.74, 6) is 0. The molecule has 2 aliphatic rings. The number of ether oxygens (including phenoxy) is 1. The Bertz CT molecular complexity index is 261. The van der Waals surface area contributed by atoms with E-state index in [0.717, 1.165) is 25.8 Å². The van der Waals surface area contributed by atoms with E-state index in [2.05, 4.69) is 31.0 Å². The van der Waals surface area contributed by atoms with Gasteiger partial charge in [0.05, 0.1) is 0 Å². The summed E-state index contributed by atoms with van der Waals surface area (Å²) in [7, 11) is 0. The van der Waals surface area contributed by atoms with Crippen LogP contribution in [0.4, 0.5) is 0 Å². The van der Waals surface area contributed by atoms with Crippen molar-refractivity contribution in [3.05, 3.63) is 0 Å². The lowest BCUT2D eigenvalue weighted by Crippen LogP contribution is -2.51. The van der Waals surface area contributed by atoms with Crippen LogP contribution in [-0.4, -0.2) is 49.8 Å². The first kappa shape index (κ1) is 15.3. The minimum absolute atomic E-state index is 0.439. The molecule has 2 fully saturated rings. The van der Waals surface area contributed by atoms with E-state index < -0.39 is 0 Å². The molecule has 0 amide bonds. The van der Waals surface area contributed by atoms with Gasteiger partial charge in [-0.05, 0) is 44.6 Å². The van der Waals surface area contributed by atoms with Crippen LogP contribution in [0.15, 0.2) is 0 Å². The molecule has 0 saturated carbocycles. The third-order valence-electron chi connectivity index (χ3n) is 4.92. The Morgan fingerprint density at radius 1 is 1.26 bits per heavy atom. The number of hydrogen-bond acceptors (Lipinski definition) is 3. The van der Waals surface area contributed by atoms with Crippen LogP contribution in [0.5, 0.6) is 0 Å². The first-order valence-electron chi connectivity index (χ1n) is 8.16. The fraction of sp³-hybridized carbons (Fsp3) is 1.00. The number of hydrogen-bond donors (Lipinski definition) is 1. The number of likely N-dealkylation sites (tertiary alicyclic amines) is 1. The molecule has 0 spiro atoms. The second-order valence-electron chi connectivity index (χ2n) is 6.96. The summed E-state index contributed by atoms with van der Waals surface area (Å²) >= 11 is 0. The second-order valence-corrected chi connectivity index (χ2v) is 6.96. The molecule has 0 aromatic heterocycles. The van der Waals surface area contributed by atoms with Crippen molar-refractivity contribution in [3.8, 4) is 0 Å². The third kappa shape index (κ3) is 4.44. The number of nitrogens with zero attached hydrogens (tertiary/aromatic N) is 1. The molecule has 2 aliphatic heterocycles. The van der Waals surface area contributed by atoms with Gasteiger partial charge in [0, 0.05) is 38.4 Å². The number of rotatable bonds is 5. The van der Waals surface area contributed by atoms with Crippen LogP contribution in [0.25, 0.3) is 0 Å². The van der Waals surface area contributed by atoms with E-state index in [1.807, 2.05) is 0 Å². The molecule has 0 aromatic carbocycles. The van der Waals surface area contributed by atoms with Gasteiger partial charge in [-0.15, -0.1) is 0 Å². The van der Waals surface area contributed by atoms with Crippen molar-refractivity contribution in [2.24, 2.45) is 5.41 Å². The first-order chi connectivity index (χ1) is 9.11. The lowest BCUT2D eigenvalue weighted by molar-refractivity contribution is -0.0163. The molecular weight excluding hydrogens is 236 g/mol. The van der Waals surface area contributed by atoms with Crippen LogP contribution in [0, 0.1) is 5.41 Å². The van der Waals surface area contributed by atoms with Gasteiger partial charge in [0.15, 0.2) is 0 Å². The molecule has 0 bridgehead atoms. The standard InChI is InChI=1S/C16H32N2O/c1-14(2)17-12-16(7-10-19-11-8-16)13-18-9-5-4-6-15(18)3/h14-15,17H,4-13H2,1-3H3. The molecule has 2 heterocycles. The smallest absolute Gasteiger partial charge is 0.0472 e. The quantitative estimate of drug-likeness (QED) is 0.829. The van der Waals surface area contributed by atoms with Gasteiger partial charge in [0.2, 0.25) is 0 Å². The maximum atomic E-state index is 5.60. The summed E-state index contributed by atoms with van der Waals surface area (Å²) in [6, 6.07) is 1.35. The predicted molar refractivity (Wildman–Crippen MR) is 80.5 cm³/mol. The molecule has 3 nitrogen and oxygen atoms in total. The van der Waals surface area contributed by atoms with Gasteiger partial charge in [-0.2, -0.15) is 0 Å². The van der Waals surface area contributed by atoms with Crippen molar-refractivity contribution in [2.75, 3.05) is 32.8 Å². The molecule has 1 atom stereocenters. The fourth-order valence-electron chi connectivity index (χ4n) is 3.44. The van der Waals surface area contributed by atoms with E-state index in [1.54, 1.807) is 0 Å². The second kappa shape index (κ2) is 7.05. The van der Waals surface area contributed by atoms with E-state index in [4.69, 9.17) is 4.74 Å². The highest BCUT2D eigenvalue weighted by molar-refractivity contribution is 4.89. The van der Waals surface area contributed by atoms with E-state index in [0.29, 0.717) is 11.5 Å². The normalized spacial score (nSPS) is 28.7. The zero-order valence-electron chi connectivity index (χ0n) is 13.1. The van der Waals surface area contributed by atoms with Crippen molar-refractivity contribution in [1.82, 2.24) is 10.2 Å². The zero-order chi connectivity index (χ0) is 13.7. The maximum absolute atomic E-state index is 5.60. The van der Waals surface area contributed by atoms with Crippen molar-refractivity contribution in [1.29, 1.82) is 0 Å². The van der Waals surface area contributed by atoms with E-state index >= 15 is 0 Å². The highest BCUT2D eigenvalue weighted by Gasteiger charge is 2.36. The van der Waals surface area contributed by atoms with Crippen molar-refractivity contribution in [2.45, 2.75) is 65.0 Å². The van der Waals surface area contributed by atoms with Gasteiger partial charge in [0.1, 0.15) is 0 Å². The molecule has 112 valence electrons. The van der Waals surface area contributed by atoms with Gasteiger partial charge in [-0.1, -0.05) is 20.3 Å². The van der Waals surface area contributed by atoms with Gasteiger partial charge < -0.3 is 15.0 Å². The Morgan fingerprint density at radius 3 is 2.63 bits per heavy atom. The molecule has 1 unspecified atom stereocenters. The van der Waals surface area contributed by atoms with Crippen molar-refractivity contribution < 1.29 is 4.74 Å². The van der Waals surface area contributed by atoms with Crippen LogP contribution in [0.1, 0.15) is 52.9 Å². The molecule has 0 radical (unpaired) electrons. The Kier molecular flexibility index (Phi) is 5.67. The SMILES string of the molecule is CC(C)NCC1(CN2CCCCC2C)CCOCC1. The molecule has 0 aromatic rings. The first-order valence-corrected chi connectivity index (χ1v) is 8.16. The minimum Gasteiger partial charge on any atom is -0.381 e. The Hall–Kier alpha value is -0.120. The van der Waals surface area contributed by atoms with Crippen LogP contribution in [-0.2, 0) is 4.74 Å². The maximum Gasteiger partial charge on any atom is 0.0472 e. The van der Waals surface area contributed by atoms with Gasteiger partial charge in [-0.25, -0.2) is 0 Å². The van der Waals surface area contributed by atoms with Crippen LogP contribution in [0.2, 0.25) is 0 Å². The van der Waals surface area contributed by atoms with Crippen LogP contribution < -0.4 is 5.32 Å². The largest absolute Gasteiger partial charge is 0.381 e. The average Bonchev–Trinajstić information content (AvgIpc) is 2.41. The fourth-order valence-corrected chi connectivity index (χ4v) is 3.44. The Morgan fingerprint density at radius 2 is 2.00 bits per heavy atom. The lowest BCUT2D eigenvalue weighted by Gasteiger charge is -2.45. The summed E-state index contributed by atoms with van der Waals surface area (Å²) in [5.41, 5.74) is 0.439. The summed E-state index contributed by atoms with van der Waals surface area (Å²) in [5, 5.41) is 3.68. The Labute approximate surface area is 119 Å². The van der Waals surface area contributed by atoms with Gasteiger partial charge >= 0.3 is 0 Å². The van der Waals surface area contributed by atoms with E-state index in [1.165, 1.54) is 45.2 Å². The molecule has 0 aliphatic carbocycles. The zero-order valence-corrected chi connectivity index (χ0v) is 13.1. The summed E-state index contributed by atoms with van der Waals surface area (Å²) in [4.78, 5) is 2.73. The van der Waals surface area contributed by atoms with Crippen LogP contribution in [0.3, 0.4) is 0 Å². The molecule has 1 N–H and O–H groups in total.